The van der Waals surface area contributed by atoms with Crippen molar-refractivity contribution in [3.8, 4) is 0 Å². The monoisotopic (exact) mass is 831 g/mol. The molecule has 1 aliphatic rings. The lowest BCUT2D eigenvalue weighted by atomic mass is 9.85. The number of rotatable bonds is 36. The van der Waals surface area contributed by atoms with E-state index in [2.05, 4.69) is 62.5 Å². The van der Waals surface area contributed by atoms with E-state index in [0.29, 0.717) is 13.0 Å². The molecular weight excluding hydrogens is 751 g/mol. The number of hydrogen-bond donors (Lipinski definition) is 6. The van der Waals surface area contributed by atoms with Gasteiger partial charge in [0.25, 0.3) is 0 Å². The van der Waals surface area contributed by atoms with E-state index in [1.165, 1.54) is 51.4 Å². The zero-order chi connectivity index (χ0) is 42.0. The number of phosphoric acid groups is 1. The molecule has 0 aromatic rings. The fourth-order valence-corrected chi connectivity index (χ4v) is 7.39. The maximum absolute atomic E-state index is 12.8. The fraction of sp³-hybridized carbons (Fsp3) is 0.795. The quantitative estimate of drug-likeness (QED) is 0.0153. The van der Waals surface area contributed by atoms with Gasteiger partial charge in [-0.25, -0.2) is 4.57 Å². The standard InChI is InChI=1S/C44H79O12P/c1-3-5-7-9-11-13-15-17-19-21-23-25-27-29-31-33-38(45)55-37(36-54-57(51,52)56-44-42(49)40(47)39(46)41(48)43(44)50)35-53-34-32-30-28-26-24-22-20-18-16-14-12-10-8-6-4-2/h5,7,11,13,16-19,37,39-44,46-50H,3-4,6,8-10,12,14-15,20-36H2,1-2H3,(H,51,52)/b7-5-,13-11-,18-16-,19-17-. The summed E-state index contributed by atoms with van der Waals surface area (Å²) in [4.78, 5) is 23.1. The predicted molar refractivity (Wildman–Crippen MR) is 225 cm³/mol. The van der Waals surface area contributed by atoms with Gasteiger partial charge in [0.1, 0.15) is 42.7 Å². The molecule has 0 heterocycles. The maximum atomic E-state index is 12.8. The molecule has 6 unspecified atom stereocenters. The van der Waals surface area contributed by atoms with Crippen molar-refractivity contribution in [3.63, 3.8) is 0 Å². The predicted octanol–water partition coefficient (Wildman–Crippen LogP) is 8.47. The molecule has 12 nitrogen and oxygen atoms in total. The number of ether oxygens (including phenoxy) is 2. The van der Waals surface area contributed by atoms with Gasteiger partial charge in [-0.15, -0.1) is 0 Å². The van der Waals surface area contributed by atoms with Crippen LogP contribution in [0.4, 0.5) is 0 Å². The van der Waals surface area contributed by atoms with Crippen LogP contribution < -0.4 is 0 Å². The Labute approximate surface area is 344 Å². The summed E-state index contributed by atoms with van der Waals surface area (Å²) in [5, 5.41) is 50.1. The lowest BCUT2D eigenvalue weighted by Crippen LogP contribution is -2.64. The van der Waals surface area contributed by atoms with Crippen molar-refractivity contribution in [1.82, 2.24) is 0 Å². The second kappa shape index (κ2) is 35.1. The third-order valence-electron chi connectivity index (χ3n) is 9.94. The first-order chi connectivity index (χ1) is 27.5. The van der Waals surface area contributed by atoms with Crippen LogP contribution in [-0.2, 0) is 27.9 Å². The summed E-state index contributed by atoms with van der Waals surface area (Å²) < 4.78 is 34.1. The highest BCUT2D eigenvalue weighted by Crippen LogP contribution is 2.47. The Morgan fingerprint density at radius 3 is 1.60 bits per heavy atom. The number of allylic oxidation sites excluding steroid dienone is 8. The summed E-state index contributed by atoms with van der Waals surface area (Å²) in [7, 11) is -5.02. The maximum Gasteiger partial charge on any atom is 0.472 e. The molecule has 1 rings (SSSR count). The highest BCUT2D eigenvalue weighted by atomic mass is 31.2. The van der Waals surface area contributed by atoms with Gasteiger partial charge < -0.3 is 39.9 Å². The van der Waals surface area contributed by atoms with Crippen LogP contribution in [0.25, 0.3) is 0 Å². The molecule has 0 spiro atoms. The Kier molecular flexibility index (Phi) is 32.8. The molecule has 0 bridgehead atoms. The van der Waals surface area contributed by atoms with Gasteiger partial charge in [-0.3, -0.25) is 13.8 Å². The Hall–Kier alpha value is -1.70. The summed E-state index contributed by atoms with van der Waals surface area (Å²) in [5.74, 6) is -0.498. The van der Waals surface area contributed by atoms with Crippen molar-refractivity contribution in [2.75, 3.05) is 19.8 Å². The number of carbonyl (C=O) groups is 1. The van der Waals surface area contributed by atoms with Crippen molar-refractivity contribution in [1.29, 1.82) is 0 Å². The molecule has 6 atom stereocenters. The summed E-state index contributed by atoms with van der Waals surface area (Å²) in [6.07, 6.45) is 28.9. The first-order valence-electron chi connectivity index (χ1n) is 22.0. The van der Waals surface area contributed by atoms with Gasteiger partial charge >= 0.3 is 13.8 Å². The molecule has 1 fully saturated rings. The zero-order valence-electron chi connectivity index (χ0n) is 35.1. The molecule has 1 aliphatic carbocycles. The van der Waals surface area contributed by atoms with Gasteiger partial charge in [0.05, 0.1) is 13.2 Å². The highest BCUT2D eigenvalue weighted by molar-refractivity contribution is 7.47. The first-order valence-corrected chi connectivity index (χ1v) is 23.5. The van der Waals surface area contributed by atoms with Crippen LogP contribution in [0.5, 0.6) is 0 Å². The zero-order valence-corrected chi connectivity index (χ0v) is 36.0. The average Bonchev–Trinajstić information content (AvgIpc) is 3.19. The number of aliphatic hydroxyl groups excluding tert-OH is 5. The first kappa shape index (κ1) is 53.3. The van der Waals surface area contributed by atoms with Gasteiger partial charge in [-0.05, 0) is 70.6 Å². The van der Waals surface area contributed by atoms with Crippen molar-refractivity contribution in [2.24, 2.45) is 0 Å². The molecule has 6 N–H and O–H groups in total. The van der Waals surface area contributed by atoms with E-state index in [4.69, 9.17) is 18.5 Å². The summed E-state index contributed by atoms with van der Waals surface area (Å²) in [5.41, 5.74) is 0. The third-order valence-corrected chi connectivity index (χ3v) is 10.9. The Morgan fingerprint density at radius 1 is 0.579 bits per heavy atom. The molecule has 0 aromatic carbocycles. The summed E-state index contributed by atoms with van der Waals surface area (Å²) in [6, 6.07) is 0. The average molecular weight is 831 g/mol. The minimum atomic E-state index is -5.02. The van der Waals surface area contributed by atoms with Crippen LogP contribution in [0.3, 0.4) is 0 Å². The Morgan fingerprint density at radius 2 is 1.04 bits per heavy atom. The largest absolute Gasteiger partial charge is 0.472 e. The van der Waals surface area contributed by atoms with Crippen LogP contribution in [0, 0.1) is 0 Å². The number of phosphoric ester groups is 1. The smallest absolute Gasteiger partial charge is 0.457 e. The van der Waals surface area contributed by atoms with E-state index in [9.17, 15) is 39.8 Å². The van der Waals surface area contributed by atoms with E-state index < -0.39 is 63.1 Å². The van der Waals surface area contributed by atoms with Gasteiger partial charge in [0.2, 0.25) is 0 Å². The van der Waals surface area contributed by atoms with Crippen LogP contribution >= 0.6 is 7.82 Å². The van der Waals surface area contributed by atoms with Gasteiger partial charge in [-0.1, -0.05) is 133 Å². The van der Waals surface area contributed by atoms with Crippen molar-refractivity contribution < 1.29 is 58.3 Å². The molecule has 0 aromatic heterocycles. The second-order valence-corrected chi connectivity index (χ2v) is 16.6. The van der Waals surface area contributed by atoms with E-state index in [0.717, 1.165) is 83.5 Å². The minimum Gasteiger partial charge on any atom is -0.457 e. The molecule has 13 heteroatoms. The normalized spacial score (nSPS) is 23.3. The Bertz CT molecular complexity index is 1130. The van der Waals surface area contributed by atoms with Crippen molar-refractivity contribution >= 4 is 13.8 Å². The summed E-state index contributed by atoms with van der Waals surface area (Å²) in [6.45, 7) is 4.09. The molecule has 0 aliphatic heterocycles. The number of esters is 1. The van der Waals surface area contributed by atoms with Crippen LogP contribution in [0.1, 0.15) is 162 Å². The number of unbranched alkanes of at least 4 members (excludes halogenated alkanes) is 16. The van der Waals surface area contributed by atoms with E-state index in [-0.39, 0.29) is 13.0 Å². The van der Waals surface area contributed by atoms with Gasteiger partial charge in [-0.2, -0.15) is 0 Å². The summed E-state index contributed by atoms with van der Waals surface area (Å²) >= 11 is 0. The minimum absolute atomic E-state index is 0.0891. The molecule has 0 radical (unpaired) electrons. The third kappa shape index (κ3) is 27.6. The van der Waals surface area contributed by atoms with Gasteiger partial charge in [0.15, 0.2) is 0 Å². The molecule has 0 saturated heterocycles. The fourth-order valence-electron chi connectivity index (χ4n) is 6.42. The molecule has 0 amide bonds. The van der Waals surface area contributed by atoms with Gasteiger partial charge in [0, 0.05) is 13.0 Å². The lowest BCUT2D eigenvalue weighted by Gasteiger charge is -2.41. The van der Waals surface area contributed by atoms with E-state index in [1.807, 2.05) is 0 Å². The van der Waals surface area contributed by atoms with Crippen molar-refractivity contribution in [3.05, 3.63) is 48.6 Å². The SMILES string of the molecule is CC/C=C\C/C=C\C/C=C\CCCCCCCC(=O)OC(COCCCCCCCC/C=C\CCCCCCC)COP(=O)(O)OC1C(O)C(O)C(O)C(O)C1O. The molecule has 57 heavy (non-hydrogen) atoms. The molecular formula is C44H79O12P. The second-order valence-electron chi connectivity index (χ2n) is 15.2. The van der Waals surface area contributed by atoms with Crippen LogP contribution in [0.2, 0.25) is 0 Å². The van der Waals surface area contributed by atoms with Crippen LogP contribution in [-0.4, -0.2) is 98.9 Å². The molecule has 332 valence electrons. The topological polar surface area (TPSA) is 192 Å². The number of carbonyl (C=O) groups excluding carboxylic acids is 1. The van der Waals surface area contributed by atoms with Crippen molar-refractivity contribution in [2.45, 2.75) is 204 Å². The molecule has 1 saturated carbocycles. The highest BCUT2D eigenvalue weighted by Gasteiger charge is 2.51. The van der Waals surface area contributed by atoms with E-state index >= 15 is 0 Å². The number of hydrogen-bond acceptors (Lipinski definition) is 11. The van der Waals surface area contributed by atoms with E-state index in [1.54, 1.807) is 0 Å². The van der Waals surface area contributed by atoms with Crippen LogP contribution in [0.15, 0.2) is 48.6 Å². The lowest BCUT2D eigenvalue weighted by molar-refractivity contribution is -0.220. The number of aliphatic hydroxyl groups is 5. The Balaban J connectivity index is 2.44.